The lowest BCUT2D eigenvalue weighted by atomic mass is 10.1. The normalized spacial score (nSPS) is 14.2. The number of ether oxygens (including phenoxy) is 4. The highest BCUT2D eigenvalue weighted by Gasteiger charge is 2.36. The third kappa shape index (κ3) is 4.78. The number of hydrogen-bond donors (Lipinski definition) is 0. The van der Waals surface area contributed by atoms with E-state index < -0.39 is 77.4 Å². The average molecular weight is 491 g/mol. The van der Waals surface area contributed by atoms with Crippen molar-refractivity contribution in [3.05, 3.63) is 64.6 Å². The van der Waals surface area contributed by atoms with E-state index in [1.807, 2.05) is 0 Å². The van der Waals surface area contributed by atoms with E-state index in [0.29, 0.717) is 0 Å². The fraction of sp³-hybridized carbons (Fsp3) is 0.238. The number of rotatable bonds is 5. The van der Waals surface area contributed by atoms with E-state index in [4.69, 9.17) is 9.47 Å². The van der Waals surface area contributed by atoms with Gasteiger partial charge in [0.2, 0.25) is 0 Å². The summed E-state index contributed by atoms with van der Waals surface area (Å²) < 4.78 is 102. The van der Waals surface area contributed by atoms with Crippen LogP contribution in [0.1, 0.15) is 5.56 Å². The smallest absolute Gasteiger partial charge is 0.416 e. The van der Waals surface area contributed by atoms with Crippen LogP contribution in [0.5, 0.6) is 11.5 Å². The minimum atomic E-state index is -5.03. The van der Waals surface area contributed by atoms with Crippen LogP contribution in [0.15, 0.2) is 41.6 Å². The molecule has 13 heteroatoms. The van der Waals surface area contributed by atoms with Gasteiger partial charge in [-0.25, -0.2) is 22.8 Å². The largest absolute Gasteiger partial charge is 0.466 e. The molecule has 0 aliphatic carbocycles. The lowest BCUT2D eigenvalue weighted by Crippen LogP contribution is -2.39. The van der Waals surface area contributed by atoms with Gasteiger partial charge in [-0.15, -0.1) is 0 Å². The highest BCUT2D eigenvalue weighted by atomic mass is 19.4. The van der Waals surface area contributed by atoms with Crippen LogP contribution in [0.3, 0.4) is 0 Å². The summed E-state index contributed by atoms with van der Waals surface area (Å²) in [4.78, 5) is 25.4. The summed E-state index contributed by atoms with van der Waals surface area (Å²) in [5.41, 5.74) is -3.05. The molecule has 0 bridgehead atoms. The Hall–Kier alpha value is -3.74. The summed E-state index contributed by atoms with van der Waals surface area (Å²) in [6, 6.07) is 3.05. The Balaban J connectivity index is 2.15. The highest BCUT2D eigenvalue weighted by Crippen LogP contribution is 2.41. The molecule has 1 aliphatic rings. The number of halogens is 6. The van der Waals surface area contributed by atoms with Crippen molar-refractivity contribution in [2.75, 3.05) is 32.5 Å². The molecular formula is C21H15F6NO6. The van der Waals surface area contributed by atoms with Gasteiger partial charge in [-0.1, -0.05) is 6.07 Å². The second-order valence-electron chi connectivity index (χ2n) is 6.67. The van der Waals surface area contributed by atoms with Gasteiger partial charge in [-0.05, 0) is 24.3 Å². The second kappa shape index (κ2) is 9.63. The van der Waals surface area contributed by atoms with E-state index >= 15 is 0 Å². The monoisotopic (exact) mass is 491 g/mol. The Morgan fingerprint density at radius 1 is 0.971 bits per heavy atom. The van der Waals surface area contributed by atoms with Crippen LogP contribution in [0, 0.1) is 17.5 Å². The van der Waals surface area contributed by atoms with Gasteiger partial charge >= 0.3 is 18.1 Å². The summed E-state index contributed by atoms with van der Waals surface area (Å²) in [6.45, 7) is -0.930. The molecule has 1 heterocycles. The predicted octanol–water partition coefficient (Wildman–Crippen LogP) is 4.31. The highest BCUT2D eigenvalue weighted by molar-refractivity contribution is 6.03. The van der Waals surface area contributed by atoms with Crippen LogP contribution in [-0.4, -0.2) is 39.5 Å². The fourth-order valence-corrected chi connectivity index (χ4v) is 3.09. The molecule has 1 aliphatic heterocycles. The van der Waals surface area contributed by atoms with Gasteiger partial charge in [0.25, 0.3) is 0 Å². The maximum Gasteiger partial charge on any atom is 0.416 e. The summed E-state index contributed by atoms with van der Waals surface area (Å²) in [6.07, 6.45) is -5.03. The number of carbonyl (C=O) groups is 2. The van der Waals surface area contributed by atoms with Crippen molar-refractivity contribution >= 4 is 17.6 Å². The molecule has 0 fully saturated rings. The first-order valence-electron chi connectivity index (χ1n) is 9.27. The molecule has 182 valence electrons. The first-order chi connectivity index (χ1) is 16.0. The number of para-hydroxylation sites is 1. The topological polar surface area (TPSA) is 74.3 Å². The Bertz CT molecular complexity index is 1140. The lowest BCUT2D eigenvalue weighted by molar-refractivity contribution is -0.140. The zero-order chi connectivity index (χ0) is 25.2. The first-order valence-corrected chi connectivity index (χ1v) is 9.27. The minimum absolute atomic E-state index is 0.0104. The summed E-state index contributed by atoms with van der Waals surface area (Å²) >= 11 is 0. The van der Waals surface area contributed by atoms with E-state index in [1.165, 1.54) is 0 Å². The molecular weight excluding hydrogens is 476 g/mol. The standard InChI is InChI=1S/C21H15F6NO6/c1-31-19(29)11-8-33-9-28(16(11)20(30)32-2)17-12(22)4-3-5-15(17)34-18-13(23)6-10(7-14(18)24)21(25,26)27/h3-7H,8-9H2,1-2H3. The molecule has 2 aromatic rings. The Labute approximate surface area is 188 Å². The van der Waals surface area contributed by atoms with E-state index in [0.717, 1.165) is 37.3 Å². The number of esters is 2. The first kappa shape index (κ1) is 24.9. The Morgan fingerprint density at radius 3 is 2.15 bits per heavy atom. The Kier molecular flexibility index (Phi) is 7.05. The molecule has 0 radical (unpaired) electrons. The lowest BCUT2D eigenvalue weighted by Gasteiger charge is -2.32. The zero-order valence-corrected chi connectivity index (χ0v) is 17.5. The van der Waals surface area contributed by atoms with Gasteiger partial charge in [0.1, 0.15) is 18.1 Å². The zero-order valence-electron chi connectivity index (χ0n) is 17.5. The second-order valence-corrected chi connectivity index (χ2v) is 6.67. The quantitative estimate of drug-likeness (QED) is 0.456. The third-order valence-electron chi connectivity index (χ3n) is 4.59. The van der Waals surface area contributed by atoms with Gasteiger partial charge < -0.3 is 23.8 Å². The summed E-state index contributed by atoms with van der Waals surface area (Å²) in [5, 5.41) is 0. The molecule has 34 heavy (non-hydrogen) atoms. The maximum atomic E-state index is 14.9. The summed E-state index contributed by atoms with van der Waals surface area (Å²) in [7, 11) is 2.01. The van der Waals surface area contributed by atoms with Crippen LogP contribution < -0.4 is 9.64 Å². The molecule has 0 unspecified atom stereocenters. The van der Waals surface area contributed by atoms with Crippen LogP contribution in [0.4, 0.5) is 32.0 Å². The third-order valence-corrected chi connectivity index (χ3v) is 4.59. The number of alkyl halides is 3. The van der Waals surface area contributed by atoms with Crippen LogP contribution in [0.2, 0.25) is 0 Å². The average Bonchev–Trinajstić information content (AvgIpc) is 2.79. The molecule has 0 amide bonds. The van der Waals surface area contributed by atoms with E-state index in [1.54, 1.807) is 0 Å². The van der Waals surface area contributed by atoms with Crippen molar-refractivity contribution in [3.63, 3.8) is 0 Å². The molecule has 0 saturated heterocycles. The van der Waals surface area contributed by atoms with Crippen molar-refractivity contribution in [3.8, 4) is 11.5 Å². The van der Waals surface area contributed by atoms with Crippen molar-refractivity contribution in [1.82, 2.24) is 0 Å². The number of methoxy groups -OCH3 is 2. The van der Waals surface area contributed by atoms with Gasteiger partial charge in [0.15, 0.2) is 29.0 Å². The molecule has 0 atom stereocenters. The number of anilines is 1. The molecule has 3 rings (SSSR count). The van der Waals surface area contributed by atoms with Gasteiger partial charge in [-0.2, -0.15) is 13.2 Å². The predicted molar refractivity (Wildman–Crippen MR) is 102 cm³/mol. The minimum Gasteiger partial charge on any atom is -0.466 e. The summed E-state index contributed by atoms with van der Waals surface area (Å²) in [5.74, 6) is -8.45. The molecule has 2 aromatic carbocycles. The van der Waals surface area contributed by atoms with Crippen molar-refractivity contribution in [2.45, 2.75) is 6.18 Å². The van der Waals surface area contributed by atoms with Crippen LogP contribution in [0.25, 0.3) is 0 Å². The van der Waals surface area contributed by atoms with E-state index in [9.17, 15) is 35.9 Å². The van der Waals surface area contributed by atoms with Crippen LogP contribution >= 0.6 is 0 Å². The maximum absolute atomic E-state index is 14.9. The van der Waals surface area contributed by atoms with Crippen molar-refractivity contribution < 1.29 is 54.9 Å². The molecule has 0 aromatic heterocycles. The molecule has 0 N–H and O–H groups in total. The SMILES string of the molecule is COC(=O)C1=C(C(=O)OC)N(c2c(F)cccc2Oc2c(F)cc(C(F)(F)F)cc2F)COC1. The van der Waals surface area contributed by atoms with Gasteiger partial charge in [0.05, 0.1) is 32.0 Å². The van der Waals surface area contributed by atoms with Crippen molar-refractivity contribution in [1.29, 1.82) is 0 Å². The number of hydrogen-bond acceptors (Lipinski definition) is 7. The van der Waals surface area contributed by atoms with Crippen LogP contribution in [-0.2, 0) is 30.0 Å². The Morgan fingerprint density at radius 2 is 1.59 bits per heavy atom. The van der Waals surface area contributed by atoms with Gasteiger partial charge in [0, 0.05) is 0 Å². The molecule has 0 spiro atoms. The van der Waals surface area contributed by atoms with Gasteiger partial charge in [-0.3, -0.25) is 0 Å². The number of nitrogens with zero attached hydrogens (tertiary/aromatic N) is 1. The number of carbonyl (C=O) groups excluding carboxylic acids is 2. The van der Waals surface area contributed by atoms with Crippen molar-refractivity contribution in [2.24, 2.45) is 0 Å². The molecule has 7 nitrogen and oxygen atoms in total. The van der Waals surface area contributed by atoms with E-state index in [2.05, 4.69) is 9.47 Å². The molecule has 0 saturated carbocycles. The number of benzene rings is 2. The van der Waals surface area contributed by atoms with E-state index in [-0.39, 0.29) is 17.7 Å². The fourth-order valence-electron chi connectivity index (χ4n) is 3.09.